The SMILES string of the molecule is CC.CCC.COC(=O)Cc1ccccc1. The molecule has 0 amide bonds. The van der Waals surface area contributed by atoms with Crippen LogP contribution in [-0.4, -0.2) is 13.1 Å². The molecule has 16 heavy (non-hydrogen) atoms. The van der Waals surface area contributed by atoms with Gasteiger partial charge in [0.15, 0.2) is 0 Å². The lowest BCUT2D eigenvalue weighted by atomic mass is 10.2. The molecule has 0 bridgehead atoms. The Kier molecular flexibility index (Phi) is 14.6. The van der Waals surface area contributed by atoms with E-state index < -0.39 is 0 Å². The van der Waals surface area contributed by atoms with Gasteiger partial charge in [-0.15, -0.1) is 0 Å². The first-order chi connectivity index (χ1) is 7.74. The van der Waals surface area contributed by atoms with Gasteiger partial charge >= 0.3 is 5.97 Å². The summed E-state index contributed by atoms with van der Waals surface area (Å²) < 4.78 is 4.52. The minimum atomic E-state index is -0.198. The van der Waals surface area contributed by atoms with E-state index in [0.717, 1.165) is 5.56 Å². The van der Waals surface area contributed by atoms with E-state index in [1.54, 1.807) is 0 Å². The average Bonchev–Trinajstić information content (AvgIpc) is 2.34. The van der Waals surface area contributed by atoms with Gasteiger partial charge in [0, 0.05) is 0 Å². The molecule has 0 fully saturated rings. The number of benzene rings is 1. The minimum Gasteiger partial charge on any atom is -0.469 e. The van der Waals surface area contributed by atoms with E-state index in [2.05, 4.69) is 18.6 Å². The van der Waals surface area contributed by atoms with Gasteiger partial charge in [0.2, 0.25) is 0 Å². The van der Waals surface area contributed by atoms with Gasteiger partial charge in [0.05, 0.1) is 13.5 Å². The van der Waals surface area contributed by atoms with Gasteiger partial charge in [-0.05, 0) is 5.56 Å². The van der Waals surface area contributed by atoms with Crippen molar-refractivity contribution in [2.75, 3.05) is 7.11 Å². The molecule has 92 valence electrons. The van der Waals surface area contributed by atoms with E-state index >= 15 is 0 Å². The Balaban J connectivity index is 0. The van der Waals surface area contributed by atoms with Crippen molar-refractivity contribution in [2.24, 2.45) is 0 Å². The Hall–Kier alpha value is -1.31. The third-order valence-electron chi connectivity index (χ3n) is 1.42. The fourth-order valence-corrected chi connectivity index (χ4v) is 0.835. The van der Waals surface area contributed by atoms with Crippen LogP contribution in [0.4, 0.5) is 0 Å². The summed E-state index contributed by atoms with van der Waals surface area (Å²) in [5.74, 6) is -0.198. The van der Waals surface area contributed by atoms with Crippen LogP contribution in [0.3, 0.4) is 0 Å². The molecule has 0 aromatic heterocycles. The molecule has 1 aromatic carbocycles. The normalized spacial score (nSPS) is 7.81. The van der Waals surface area contributed by atoms with E-state index in [0.29, 0.717) is 6.42 Å². The monoisotopic (exact) mass is 224 g/mol. The van der Waals surface area contributed by atoms with Crippen LogP contribution in [0.2, 0.25) is 0 Å². The Morgan fingerprint density at radius 3 is 1.94 bits per heavy atom. The van der Waals surface area contributed by atoms with Crippen LogP contribution < -0.4 is 0 Å². The predicted molar refractivity (Wildman–Crippen MR) is 69.5 cm³/mol. The number of ether oxygens (including phenoxy) is 1. The number of esters is 1. The number of hydrogen-bond donors (Lipinski definition) is 0. The van der Waals surface area contributed by atoms with Gasteiger partial charge in [-0.1, -0.05) is 64.4 Å². The third-order valence-corrected chi connectivity index (χ3v) is 1.42. The van der Waals surface area contributed by atoms with Gasteiger partial charge in [0.1, 0.15) is 0 Å². The van der Waals surface area contributed by atoms with Crippen molar-refractivity contribution in [2.45, 2.75) is 40.5 Å². The van der Waals surface area contributed by atoms with Crippen molar-refractivity contribution in [3.8, 4) is 0 Å². The summed E-state index contributed by atoms with van der Waals surface area (Å²) in [4.78, 5) is 10.8. The lowest BCUT2D eigenvalue weighted by Crippen LogP contribution is -2.03. The highest BCUT2D eigenvalue weighted by atomic mass is 16.5. The van der Waals surface area contributed by atoms with Crippen molar-refractivity contribution in [1.29, 1.82) is 0 Å². The molecule has 0 aliphatic heterocycles. The molecule has 1 rings (SSSR count). The Morgan fingerprint density at radius 1 is 1.12 bits per heavy atom. The molecule has 0 spiro atoms. The molecule has 2 nitrogen and oxygen atoms in total. The van der Waals surface area contributed by atoms with Gasteiger partial charge in [-0.2, -0.15) is 0 Å². The van der Waals surface area contributed by atoms with E-state index in [4.69, 9.17) is 0 Å². The molecule has 0 saturated heterocycles. The van der Waals surface area contributed by atoms with E-state index in [1.807, 2.05) is 44.2 Å². The largest absolute Gasteiger partial charge is 0.469 e. The van der Waals surface area contributed by atoms with Crippen molar-refractivity contribution >= 4 is 5.97 Å². The minimum absolute atomic E-state index is 0.198. The van der Waals surface area contributed by atoms with E-state index in [1.165, 1.54) is 13.5 Å². The molecule has 0 aliphatic carbocycles. The highest BCUT2D eigenvalue weighted by Gasteiger charge is 1.99. The summed E-state index contributed by atoms with van der Waals surface area (Å²) in [6.45, 7) is 8.25. The van der Waals surface area contributed by atoms with Gasteiger partial charge < -0.3 is 4.74 Å². The van der Waals surface area contributed by atoms with Crippen LogP contribution in [0.5, 0.6) is 0 Å². The summed E-state index contributed by atoms with van der Waals surface area (Å²) >= 11 is 0. The fourth-order valence-electron chi connectivity index (χ4n) is 0.835. The van der Waals surface area contributed by atoms with Crippen molar-refractivity contribution < 1.29 is 9.53 Å². The quantitative estimate of drug-likeness (QED) is 0.713. The zero-order chi connectivity index (χ0) is 12.8. The fraction of sp³-hybridized carbons (Fsp3) is 0.500. The molecule has 0 unspecified atom stereocenters. The summed E-state index contributed by atoms with van der Waals surface area (Å²) in [5.41, 5.74) is 0.986. The maximum atomic E-state index is 10.8. The zero-order valence-corrected chi connectivity index (χ0v) is 11.1. The first-order valence-corrected chi connectivity index (χ1v) is 5.85. The molecule has 0 aliphatic rings. The van der Waals surface area contributed by atoms with E-state index in [-0.39, 0.29) is 5.97 Å². The molecule has 0 N–H and O–H groups in total. The molecular weight excluding hydrogens is 200 g/mol. The van der Waals surface area contributed by atoms with Crippen LogP contribution in [0.15, 0.2) is 30.3 Å². The maximum absolute atomic E-state index is 10.8. The first-order valence-electron chi connectivity index (χ1n) is 5.85. The summed E-state index contributed by atoms with van der Waals surface area (Å²) in [7, 11) is 1.39. The smallest absolute Gasteiger partial charge is 0.309 e. The first kappa shape index (κ1) is 17.1. The van der Waals surface area contributed by atoms with Gasteiger partial charge in [0.25, 0.3) is 0 Å². The van der Waals surface area contributed by atoms with Crippen molar-refractivity contribution in [3.63, 3.8) is 0 Å². The molecule has 0 atom stereocenters. The maximum Gasteiger partial charge on any atom is 0.309 e. The van der Waals surface area contributed by atoms with Gasteiger partial charge in [-0.3, -0.25) is 4.79 Å². The molecular formula is C14H24O2. The second-order valence-corrected chi connectivity index (χ2v) is 2.95. The number of carbonyl (C=O) groups excluding carboxylic acids is 1. The van der Waals surface area contributed by atoms with Crippen LogP contribution in [0, 0.1) is 0 Å². The average molecular weight is 224 g/mol. The number of carbonyl (C=O) groups is 1. The summed E-state index contributed by atoms with van der Waals surface area (Å²) in [6, 6.07) is 9.52. The van der Waals surface area contributed by atoms with Crippen LogP contribution in [0.1, 0.15) is 39.7 Å². The second-order valence-electron chi connectivity index (χ2n) is 2.95. The molecule has 0 radical (unpaired) electrons. The topological polar surface area (TPSA) is 26.3 Å². The summed E-state index contributed by atoms with van der Waals surface area (Å²) in [5, 5.41) is 0. The zero-order valence-electron chi connectivity index (χ0n) is 11.1. The third kappa shape index (κ3) is 10.8. The number of methoxy groups -OCH3 is 1. The van der Waals surface area contributed by atoms with Crippen molar-refractivity contribution in [3.05, 3.63) is 35.9 Å². The lowest BCUT2D eigenvalue weighted by Gasteiger charge is -1.97. The number of hydrogen-bond acceptors (Lipinski definition) is 2. The molecule has 1 aromatic rings. The molecule has 0 heterocycles. The molecule has 0 saturated carbocycles. The van der Waals surface area contributed by atoms with Crippen LogP contribution >= 0.6 is 0 Å². The lowest BCUT2D eigenvalue weighted by molar-refractivity contribution is -0.139. The van der Waals surface area contributed by atoms with Crippen molar-refractivity contribution in [1.82, 2.24) is 0 Å². The van der Waals surface area contributed by atoms with Gasteiger partial charge in [-0.25, -0.2) is 0 Å². The highest BCUT2D eigenvalue weighted by molar-refractivity contribution is 5.72. The Bertz CT molecular complexity index is 242. The Morgan fingerprint density at radius 2 is 1.56 bits per heavy atom. The summed E-state index contributed by atoms with van der Waals surface area (Å²) in [6.07, 6.45) is 1.61. The van der Waals surface area contributed by atoms with E-state index in [9.17, 15) is 4.79 Å². The second kappa shape index (κ2) is 13.7. The highest BCUT2D eigenvalue weighted by Crippen LogP contribution is 1.99. The molecule has 2 heteroatoms. The predicted octanol–water partition coefficient (Wildman–Crippen LogP) is 3.84. The Labute approximate surface area is 99.6 Å². The van der Waals surface area contributed by atoms with Crippen LogP contribution in [0.25, 0.3) is 0 Å². The standard InChI is InChI=1S/C9H10O2.C3H8.C2H6/c1-11-9(10)7-8-5-3-2-4-6-8;1-3-2;1-2/h2-6H,7H2,1H3;3H2,1-2H3;1-2H3. The number of rotatable bonds is 2. The van der Waals surface area contributed by atoms with Crippen LogP contribution in [-0.2, 0) is 16.0 Å².